The maximum atomic E-state index is 13.7. The van der Waals surface area contributed by atoms with Crippen molar-refractivity contribution < 1.29 is 13.2 Å². The van der Waals surface area contributed by atoms with E-state index in [9.17, 15) is 13.2 Å². The van der Waals surface area contributed by atoms with Crippen LogP contribution in [0.15, 0.2) is 30.6 Å². The summed E-state index contributed by atoms with van der Waals surface area (Å²) in [5, 5.41) is 11.9. The third kappa shape index (κ3) is 2.36. The Hall–Kier alpha value is -2.61. The third-order valence-electron chi connectivity index (χ3n) is 4.56. The van der Waals surface area contributed by atoms with E-state index >= 15 is 0 Å². The van der Waals surface area contributed by atoms with Crippen molar-refractivity contribution >= 4 is 28.2 Å². The molecule has 5 nitrogen and oxygen atoms in total. The molecule has 3 heterocycles. The molecule has 1 aliphatic rings. The van der Waals surface area contributed by atoms with Gasteiger partial charge in [0.2, 0.25) is 0 Å². The monoisotopic (exact) mass is 377 g/mol. The van der Waals surface area contributed by atoms with Gasteiger partial charge in [-0.2, -0.15) is 23.4 Å². The summed E-state index contributed by atoms with van der Waals surface area (Å²) in [5.74, 6) is 0.818. The van der Waals surface area contributed by atoms with Gasteiger partial charge in [-0.3, -0.25) is 5.10 Å². The molecular weight excluding hydrogens is 367 g/mol. The van der Waals surface area contributed by atoms with Crippen LogP contribution in [0, 0.1) is 0 Å². The Kier molecular flexibility index (Phi) is 3.13. The fraction of sp³-hybridized carbons (Fsp3) is 0.235. The number of aromatic amines is 1. The van der Waals surface area contributed by atoms with E-state index in [-0.39, 0.29) is 17.1 Å². The Morgan fingerprint density at radius 1 is 1.23 bits per heavy atom. The normalized spacial score (nSPS) is 15.2. The Labute approximate surface area is 149 Å². The quantitative estimate of drug-likeness (QED) is 0.544. The van der Waals surface area contributed by atoms with E-state index in [2.05, 4.69) is 20.3 Å². The van der Waals surface area contributed by atoms with Gasteiger partial charge < -0.3 is 0 Å². The molecule has 3 aromatic heterocycles. The Morgan fingerprint density at radius 3 is 2.77 bits per heavy atom. The third-order valence-corrected chi connectivity index (χ3v) is 4.86. The van der Waals surface area contributed by atoms with Gasteiger partial charge >= 0.3 is 6.18 Å². The standard InChI is InChI=1S/C17H11ClF3N5/c18-12-6-9(5-10-7-22-24-14(10)12)13-11(17(19,20)21)3-4-26-16(13)23-15(25-26)8-1-2-8/h3-8H,1-2H2,(H,22,24). The Bertz CT molecular complexity index is 1160. The minimum atomic E-state index is -4.53. The predicted octanol–water partition coefficient (Wildman–Crippen LogP) is 4.82. The topological polar surface area (TPSA) is 58.9 Å². The van der Waals surface area contributed by atoms with Crippen LogP contribution in [0.2, 0.25) is 5.02 Å². The largest absolute Gasteiger partial charge is 0.417 e. The van der Waals surface area contributed by atoms with Crippen LogP contribution in [0.3, 0.4) is 0 Å². The molecule has 9 heteroatoms. The second-order valence-electron chi connectivity index (χ2n) is 6.41. The van der Waals surface area contributed by atoms with Crippen molar-refractivity contribution in [2.45, 2.75) is 24.9 Å². The van der Waals surface area contributed by atoms with Gasteiger partial charge in [0, 0.05) is 23.1 Å². The van der Waals surface area contributed by atoms with Gasteiger partial charge in [0.1, 0.15) is 0 Å². The second-order valence-corrected chi connectivity index (χ2v) is 6.81. The summed E-state index contributed by atoms with van der Waals surface area (Å²) < 4.78 is 42.5. The zero-order valence-corrected chi connectivity index (χ0v) is 13.9. The molecule has 26 heavy (non-hydrogen) atoms. The number of aromatic nitrogens is 5. The molecule has 0 amide bonds. The van der Waals surface area contributed by atoms with Crippen molar-refractivity contribution in [2.75, 3.05) is 0 Å². The summed E-state index contributed by atoms with van der Waals surface area (Å²) in [6, 6.07) is 4.15. The number of benzene rings is 1. The average Bonchev–Trinajstić information content (AvgIpc) is 3.15. The fourth-order valence-corrected chi connectivity index (χ4v) is 3.43. The number of fused-ring (bicyclic) bond motifs is 2. The summed E-state index contributed by atoms with van der Waals surface area (Å²) in [4.78, 5) is 4.41. The molecule has 5 rings (SSSR count). The number of pyridine rings is 1. The lowest BCUT2D eigenvalue weighted by molar-refractivity contribution is -0.137. The molecule has 0 radical (unpaired) electrons. The lowest BCUT2D eigenvalue weighted by Gasteiger charge is -2.14. The van der Waals surface area contributed by atoms with Gasteiger partial charge in [-0.15, -0.1) is 0 Å². The highest BCUT2D eigenvalue weighted by atomic mass is 35.5. The minimum Gasteiger partial charge on any atom is -0.276 e. The van der Waals surface area contributed by atoms with E-state index < -0.39 is 11.7 Å². The average molecular weight is 378 g/mol. The molecule has 0 saturated heterocycles. The zero-order valence-electron chi connectivity index (χ0n) is 13.2. The number of hydrogen-bond acceptors (Lipinski definition) is 3. The van der Waals surface area contributed by atoms with E-state index in [0.717, 1.165) is 18.9 Å². The van der Waals surface area contributed by atoms with Crippen LogP contribution in [0.4, 0.5) is 13.2 Å². The van der Waals surface area contributed by atoms with E-state index in [1.807, 2.05) is 0 Å². The smallest absolute Gasteiger partial charge is 0.276 e. The van der Waals surface area contributed by atoms with Gasteiger partial charge in [-0.1, -0.05) is 11.6 Å². The highest BCUT2D eigenvalue weighted by Crippen LogP contribution is 2.43. The van der Waals surface area contributed by atoms with Crippen LogP contribution in [-0.4, -0.2) is 24.8 Å². The molecule has 132 valence electrons. The SMILES string of the molecule is FC(F)(F)c1ccn2nc(C3CC3)nc2c1-c1cc(Cl)c2[nH]ncc2c1. The van der Waals surface area contributed by atoms with Crippen LogP contribution < -0.4 is 0 Å². The molecular formula is C17H11ClF3N5. The lowest BCUT2D eigenvalue weighted by Crippen LogP contribution is -2.09. The summed E-state index contributed by atoms with van der Waals surface area (Å²) in [6.45, 7) is 0. The molecule has 0 bridgehead atoms. The molecule has 1 saturated carbocycles. The van der Waals surface area contributed by atoms with Crippen molar-refractivity contribution in [1.29, 1.82) is 0 Å². The van der Waals surface area contributed by atoms with Crippen molar-refractivity contribution in [3.05, 3.63) is 47.0 Å². The summed E-state index contributed by atoms with van der Waals surface area (Å²) in [5.41, 5.74) is 0.302. The van der Waals surface area contributed by atoms with Gasteiger partial charge in [0.25, 0.3) is 0 Å². The van der Waals surface area contributed by atoms with E-state index in [1.54, 1.807) is 6.07 Å². The van der Waals surface area contributed by atoms with Crippen molar-refractivity contribution in [2.24, 2.45) is 0 Å². The number of rotatable bonds is 2. The van der Waals surface area contributed by atoms with Gasteiger partial charge in [0.05, 0.1) is 22.3 Å². The number of alkyl halides is 3. The number of nitrogens with one attached hydrogen (secondary N) is 1. The van der Waals surface area contributed by atoms with Crippen LogP contribution in [-0.2, 0) is 6.18 Å². The summed E-state index contributed by atoms with van der Waals surface area (Å²) in [7, 11) is 0. The predicted molar refractivity (Wildman–Crippen MR) is 90.1 cm³/mol. The van der Waals surface area contributed by atoms with Crippen molar-refractivity contribution in [3.63, 3.8) is 0 Å². The minimum absolute atomic E-state index is 0.0237. The summed E-state index contributed by atoms with van der Waals surface area (Å²) in [6.07, 6.45) is 0.229. The molecule has 4 aromatic rings. The Balaban J connectivity index is 1.85. The number of H-pyrrole nitrogens is 1. The summed E-state index contributed by atoms with van der Waals surface area (Å²) >= 11 is 6.24. The fourth-order valence-electron chi connectivity index (χ4n) is 3.16. The molecule has 1 fully saturated rings. The molecule has 1 aromatic carbocycles. The first kappa shape index (κ1) is 15.6. The van der Waals surface area contributed by atoms with Crippen molar-refractivity contribution in [3.8, 4) is 11.1 Å². The molecule has 0 aliphatic heterocycles. The molecule has 1 aliphatic carbocycles. The molecule has 0 unspecified atom stereocenters. The first-order valence-electron chi connectivity index (χ1n) is 8.01. The first-order chi connectivity index (χ1) is 12.4. The van der Waals surface area contributed by atoms with Crippen LogP contribution >= 0.6 is 11.6 Å². The Morgan fingerprint density at radius 2 is 2.04 bits per heavy atom. The lowest BCUT2D eigenvalue weighted by atomic mass is 9.99. The maximum absolute atomic E-state index is 13.7. The molecule has 1 N–H and O–H groups in total. The van der Waals surface area contributed by atoms with E-state index in [0.29, 0.717) is 27.3 Å². The van der Waals surface area contributed by atoms with Crippen LogP contribution in [0.1, 0.15) is 30.1 Å². The highest BCUT2D eigenvalue weighted by Gasteiger charge is 2.36. The molecule has 0 atom stereocenters. The zero-order chi connectivity index (χ0) is 18.1. The van der Waals surface area contributed by atoms with Gasteiger partial charge in [0.15, 0.2) is 11.5 Å². The highest BCUT2D eigenvalue weighted by molar-refractivity contribution is 6.35. The van der Waals surface area contributed by atoms with Crippen LogP contribution in [0.25, 0.3) is 27.7 Å². The molecule has 0 spiro atoms. The second kappa shape index (κ2) is 5.20. The van der Waals surface area contributed by atoms with Gasteiger partial charge in [-0.25, -0.2) is 9.50 Å². The van der Waals surface area contributed by atoms with E-state index in [4.69, 9.17) is 11.6 Å². The van der Waals surface area contributed by atoms with Crippen molar-refractivity contribution in [1.82, 2.24) is 24.8 Å². The number of hydrogen-bond donors (Lipinski definition) is 1. The number of nitrogens with zero attached hydrogens (tertiary/aromatic N) is 4. The number of halogens is 4. The maximum Gasteiger partial charge on any atom is 0.417 e. The van der Waals surface area contributed by atoms with Gasteiger partial charge in [-0.05, 0) is 36.6 Å². The van der Waals surface area contributed by atoms with Crippen LogP contribution in [0.5, 0.6) is 0 Å². The first-order valence-corrected chi connectivity index (χ1v) is 8.39. The van der Waals surface area contributed by atoms with E-state index in [1.165, 1.54) is 23.0 Å².